The van der Waals surface area contributed by atoms with Crippen LogP contribution < -0.4 is 4.74 Å². The first-order valence-corrected chi connectivity index (χ1v) is 9.77. The van der Waals surface area contributed by atoms with Crippen LogP contribution in [0, 0.1) is 6.92 Å². The first-order valence-electron chi connectivity index (χ1n) is 6.93. The number of aryl methyl sites for hydroxylation is 1. The molecule has 2 rings (SSSR count). The molecule has 3 nitrogen and oxygen atoms in total. The number of thioether (sulfide) groups is 1. The summed E-state index contributed by atoms with van der Waals surface area (Å²) >= 11 is 1.36. The summed E-state index contributed by atoms with van der Waals surface area (Å²) in [6, 6.07) is 14.6. The van der Waals surface area contributed by atoms with Crippen molar-refractivity contribution in [1.29, 1.82) is 0 Å². The van der Waals surface area contributed by atoms with Crippen LogP contribution in [0.5, 0.6) is 5.75 Å². The first-order chi connectivity index (χ1) is 10.5. The predicted molar refractivity (Wildman–Crippen MR) is 92.4 cm³/mol. The van der Waals surface area contributed by atoms with Gasteiger partial charge in [-0.1, -0.05) is 29.8 Å². The molecular formula is C17H20O3S2. The number of ether oxygens (including phenoxy) is 1. The molecule has 1 atom stereocenters. The molecule has 0 aliphatic carbocycles. The van der Waals surface area contributed by atoms with Gasteiger partial charge in [-0.3, -0.25) is 0 Å². The van der Waals surface area contributed by atoms with Gasteiger partial charge in [0.2, 0.25) is 0 Å². The van der Waals surface area contributed by atoms with Crippen molar-refractivity contribution in [2.75, 3.05) is 13.4 Å². The molecule has 118 valence electrons. The quantitative estimate of drug-likeness (QED) is 0.806. The van der Waals surface area contributed by atoms with Crippen LogP contribution in [0.4, 0.5) is 0 Å². The zero-order valence-electron chi connectivity index (χ0n) is 12.9. The molecule has 0 heterocycles. The fourth-order valence-corrected chi connectivity index (χ4v) is 5.09. The molecule has 2 aromatic carbocycles. The first kappa shape index (κ1) is 16.9. The van der Waals surface area contributed by atoms with Gasteiger partial charge in [-0.25, -0.2) is 8.42 Å². The highest BCUT2D eigenvalue weighted by Crippen LogP contribution is 2.27. The summed E-state index contributed by atoms with van der Waals surface area (Å²) in [6.07, 6.45) is 2.31. The molecule has 0 radical (unpaired) electrons. The Kier molecular flexibility index (Phi) is 5.53. The Bertz CT molecular complexity index is 705. The monoisotopic (exact) mass is 336 g/mol. The van der Waals surface area contributed by atoms with E-state index in [0.717, 1.165) is 16.9 Å². The number of benzene rings is 2. The molecule has 0 amide bonds. The van der Waals surface area contributed by atoms with Crippen LogP contribution in [0.1, 0.15) is 11.1 Å². The number of sulfone groups is 1. The minimum Gasteiger partial charge on any atom is -0.497 e. The lowest BCUT2D eigenvalue weighted by Gasteiger charge is -2.16. The van der Waals surface area contributed by atoms with Gasteiger partial charge in [0.15, 0.2) is 9.84 Å². The molecule has 0 aliphatic rings. The van der Waals surface area contributed by atoms with Crippen molar-refractivity contribution in [3.8, 4) is 5.75 Å². The summed E-state index contributed by atoms with van der Waals surface area (Å²) in [7, 11) is -1.74. The van der Waals surface area contributed by atoms with Crippen LogP contribution >= 0.6 is 11.8 Å². The Morgan fingerprint density at radius 2 is 1.64 bits per heavy atom. The summed E-state index contributed by atoms with van der Waals surface area (Å²) in [6.45, 7) is 1.94. The molecule has 22 heavy (non-hydrogen) atoms. The summed E-state index contributed by atoms with van der Waals surface area (Å²) in [4.78, 5) is 0.381. The van der Waals surface area contributed by atoms with Crippen LogP contribution in [-0.4, -0.2) is 26.4 Å². The Hall–Kier alpha value is -1.46. The lowest BCUT2D eigenvalue weighted by atomic mass is 10.2. The maximum absolute atomic E-state index is 12.8. The van der Waals surface area contributed by atoms with Gasteiger partial charge in [0.25, 0.3) is 0 Å². The Labute approximate surface area is 136 Å². The molecule has 1 unspecified atom stereocenters. The highest BCUT2D eigenvalue weighted by molar-refractivity contribution is 8.13. The number of methoxy groups -OCH3 is 1. The van der Waals surface area contributed by atoms with Crippen LogP contribution in [0.3, 0.4) is 0 Å². The van der Waals surface area contributed by atoms with E-state index in [-0.39, 0.29) is 0 Å². The fraction of sp³-hybridized carbons (Fsp3) is 0.294. The second-order valence-electron chi connectivity index (χ2n) is 5.08. The average molecular weight is 336 g/mol. The fourth-order valence-electron chi connectivity index (χ4n) is 2.15. The average Bonchev–Trinajstić information content (AvgIpc) is 2.53. The van der Waals surface area contributed by atoms with E-state index < -0.39 is 14.4 Å². The molecule has 0 bridgehead atoms. The van der Waals surface area contributed by atoms with Gasteiger partial charge < -0.3 is 4.74 Å². The van der Waals surface area contributed by atoms with E-state index in [2.05, 4.69) is 0 Å². The minimum absolute atomic E-state index is 0.381. The minimum atomic E-state index is -3.35. The van der Waals surface area contributed by atoms with Crippen LogP contribution in [0.25, 0.3) is 0 Å². The third-order valence-corrected chi connectivity index (χ3v) is 7.34. The molecule has 0 aromatic heterocycles. The van der Waals surface area contributed by atoms with Crippen molar-refractivity contribution in [2.24, 2.45) is 0 Å². The third kappa shape index (κ3) is 3.84. The molecule has 0 N–H and O–H groups in total. The van der Waals surface area contributed by atoms with Gasteiger partial charge in [0, 0.05) is 0 Å². The summed E-state index contributed by atoms with van der Waals surface area (Å²) in [5, 5.41) is 0. The molecule has 0 saturated carbocycles. The molecule has 5 heteroatoms. The van der Waals surface area contributed by atoms with Gasteiger partial charge in [0.1, 0.15) is 10.3 Å². The molecular weight excluding hydrogens is 316 g/mol. The maximum atomic E-state index is 12.8. The normalized spacial score (nSPS) is 12.9. The van der Waals surface area contributed by atoms with Crippen molar-refractivity contribution in [3.05, 3.63) is 59.7 Å². The summed E-state index contributed by atoms with van der Waals surface area (Å²) in [5.74, 6) is 0.769. The lowest BCUT2D eigenvalue weighted by molar-refractivity contribution is 0.414. The standard InChI is InChI=1S/C17H20O3S2/c1-13-4-10-16(11-5-13)22(18,19)17(21-3)12-14-6-8-15(20-2)9-7-14/h4-11,17H,12H2,1-3H3. The molecule has 0 spiro atoms. The van der Waals surface area contributed by atoms with E-state index in [1.807, 2.05) is 49.6 Å². The Balaban J connectivity index is 2.24. The van der Waals surface area contributed by atoms with Gasteiger partial charge in [-0.05, 0) is 49.4 Å². The summed E-state index contributed by atoms with van der Waals surface area (Å²) < 4.78 is 30.1. The number of hydrogen-bond acceptors (Lipinski definition) is 4. The number of rotatable bonds is 6. The maximum Gasteiger partial charge on any atom is 0.190 e. The van der Waals surface area contributed by atoms with Gasteiger partial charge in [-0.2, -0.15) is 0 Å². The van der Waals surface area contributed by atoms with E-state index in [4.69, 9.17) is 4.74 Å². The Morgan fingerprint density at radius 3 is 2.14 bits per heavy atom. The topological polar surface area (TPSA) is 43.4 Å². The largest absolute Gasteiger partial charge is 0.497 e. The van der Waals surface area contributed by atoms with Gasteiger partial charge in [-0.15, -0.1) is 11.8 Å². The van der Waals surface area contributed by atoms with E-state index in [0.29, 0.717) is 11.3 Å². The van der Waals surface area contributed by atoms with Crippen LogP contribution in [0.2, 0.25) is 0 Å². The summed E-state index contributed by atoms with van der Waals surface area (Å²) in [5.41, 5.74) is 2.03. The van der Waals surface area contributed by atoms with Gasteiger partial charge in [0.05, 0.1) is 12.0 Å². The van der Waals surface area contributed by atoms with E-state index in [1.54, 1.807) is 19.2 Å². The molecule has 0 fully saturated rings. The smallest absolute Gasteiger partial charge is 0.190 e. The van der Waals surface area contributed by atoms with Crippen LogP contribution in [0.15, 0.2) is 53.4 Å². The van der Waals surface area contributed by atoms with Crippen LogP contribution in [-0.2, 0) is 16.3 Å². The second-order valence-corrected chi connectivity index (χ2v) is 8.54. The van der Waals surface area contributed by atoms with Crippen molar-refractivity contribution in [3.63, 3.8) is 0 Å². The predicted octanol–water partition coefficient (Wildman–Crippen LogP) is 3.71. The zero-order chi connectivity index (χ0) is 16.2. The van der Waals surface area contributed by atoms with Crippen molar-refractivity contribution in [2.45, 2.75) is 22.8 Å². The Morgan fingerprint density at radius 1 is 1.05 bits per heavy atom. The highest BCUT2D eigenvalue weighted by atomic mass is 32.3. The zero-order valence-corrected chi connectivity index (χ0v) is 14.6. The highest BCUT2D eigenvalue weighted by Gasteiger charge is 2.26. The SMILES string of the molecule is COc1ccc(CC(SC)S(=O)(=O)c2ccc(C)cc2)cc1. The lowest BCUT2D eigenvalue weighted by Crippen LogP contribution is -2.20. The second kappa shape index (κ2) is 7.20. The third-order valence-electron chi connectivity index (χ3n) is 3.52. The van der Waals surface area contributed by atoms with Gasteiger partial charge >= 0.3 is 0 Å². The van der Waals surface area contributed by atoms with E-state index in [1.165, 1.54) is 11.8 Å². The van der Waals surface area contributed by atoms with Crippen molar-refractivity contribution in [1.82, 2.24) is 0 Å². The molecule has 0 aliphatic heterocycles. The number of hydrogen-bond donors (Lipinski definition) is 0. The van der Waals surface area contributed by atoms with Crippen molar-refractivity contribution >= 4 is 21.6 Å². The van der Waals surface area contributed by atoms with Crippen molar-refractivity contribution < 1.29 is 13.2 Å². The van der Waals surface area contributed by atoms with E-state index in [9.17, 15) is 8.42 Å². The molecule has 2 aromatic rings. The molecule has 0 saturated heterocycles. The van der Waals surface area contributed by atoms with E-state index >= 15 is 0 Å².